The zero-order valence-corrected chi connectivity index (χ0v) is 16.6. The number of piperidine rings is 1. The molecular formula is C24H33N2O+. The molecule has 0 atom stereocenters. The molecule has 1 saturated carbocycles. The molecule has 1 aliphatic heterocycles. The van der Waals surface area contributed by atoms with E-state index in [2.05, 4.69) is 54.3 Å². The van der Waals surface area contributed by atoms with E-state index in [1.54, 1.807) is 4.90 Å². The first-order valence-corrected chi connectivity index (χ1v) is 10.8. The van der Waals surface area contributed by atoms with Crippen LogP contribution in [0, 0.1) is 11.8 Å². The van der Waals surface area contributed by atoms with E-state index in [4.69, 9.17) is 0 Å². The topological polar surface area (TPSA) is 24.8 Å². The highest BCUT2D eigenvalue weighted by Crippen LogP contribution is 2.30. The summed E-state index contributed by atoms with van der Waals surface area (Å²) < 4.78 is 0. The number of rotatable bonds is 7. The van der Waals surface area contributed by atoms with Crippen LogP contribution < -0.4 is 4.90 Å². The molecule has 3 nitrogen and oxygen atoms in total. The van der Waals surface area contributed by atoms with Crippen LogP contribution in [0.3, 0.4) is 0 Å². The average molecular weight is 366 g/mol. The Morgan fingerprint density at radius 1 is 1.04 bits per heavy atom. The number of nitrogens with zero attached hydrogens (tertiary/aromatic N) is 1. The fraction of sp³-hybridized carbons (Fsp3) is 0.542. The summed E-state index contributed by atoms with van der Waals surface area (Å²) in [4.78, 5) is 16.8. The Bertz CT molecular complexity index is 770. The lowest BCUT2D eigenvalue weighted by Gasteiger charge is -2.32. The highest BCUT2D eigenvalue weighted by Gasteiger charge is 2.33. The van der Waals surface area contributed by atoms with Crippen molar-refractivity contribution in [3.8, 4) is 0 Å². The van der Waals surface area contributed by atoms with E-state index in [9.17, 15) is 4.79 Å². The van der Waals surface area contributed by atoms with Gasteiger partial charge in [0.15, 0.2) is 0 Å². The number of fused-ring (bicyclic) bond motifs is 1. The van der Waals surface area contributed by atoms with Gasteiger partial charge in [0.2, 0.25) is 5.91 Å². The minimum atomic E-state index is 0.256. The molecule has 0 spiro atoms. The lowest BCUT2D eigenvalue weighted by Crippen LogP contribution is -3.11. The van der Waals surface area contributed by atoms with E-state index in [0.29, 0.717) is 5.91 Å². The molecule has 1 N–H and O–H groups in total. The van der Waals surface area contributed by atoms with Gasteiger partial charge in [0.05, 0.1) is 13.1 Å². The lowest BCUT2D eigenvalue weighted by molar-refractivity contribution is -0.919. The third-order valence-corrected chi connectivity index (χ3v) is 6.34. The smallest absolute Gasteiger partial charge is 0.226 e. The lowest BCUT2D eigenvalue weighted by atomic mass is 9.94. The molecule has 1 heterocycles. The summed E-state index contributed by atoms with van der Waals surface area (Å²) in [6.45, 7) is 7.44. The van der Waals surface area contributed by atoms with Crippen molar-refractivity contribution < 1.29 is 9.69 Å². The Labute approximate surface area is 163 Å². The maximum absolute atomic E-state index is 13.0. The van der Waals surface area contributed by atoms with Crippen LogP contribution in [0.5, 0.6) is 0 Å². The van der Waals surface area contributed by atoms with Gasteiger partial charge in [0, 0.05) is 37.4 Å². The molecule has 1 amide bonds. The predicted molar refractivity (Wildman–Crippen MR) is 111 cm³/mol. The number of likely N-dealkylation sites (tertiary alicyclic amines) is 1. The van der Waals surface area contributed by atoms with Gasteiger partial charge in [-0.3, -0.25) is 4.79 Å². The van der Waals surface area contributed by atoms with E-state index < -0.39 is 0 Å². The third kappa shape index (κ3) is 4.52. The summed E-state index contributed by atoms with van der Waals surface area (Å²) in [7, 11) is 0. The first-order valence-electron chi connectivity index (χ1n) is 10.8. The average Bonchev–Trinajstić information content (AvgIpc) is 3.52. The standard InChI is InChI=1S/C24H32N2O/c1-2-14-26(17-19-10-11-19)24(27)21-12-15-25(16-13-21)18-22-8-5-7-20-6-3-4-9-23(20)22/h3-9,19,21H,2,10-18H2,1H3/p+1. The molecule has 4 rings (SSSR count). The number of hydrogen-bond acceptors (Lipinski definition) is 1. The summed E-state index contributed by atoms with van der Waals surface area (Å²) in [6.07, 6.45) is 5.81. The Hall–Kier alpha value is -1.87. The fourth-order valence-corrected chi connectivity index (χ4v) is 4.60. The minimum absolute atomic E-state index is 0.256. The number of nitrogens with one attached hydrogen (secondary N) is 1. The van der Waals surface area contributed by atoms with E-state index in [1.807, 2.05) is 0 Å². The summed E-state index contributed by atoms with van der Waals surface area (Å²) in [6, 6.07) is 15.3. The van der Waals surface area contributed by atoms with Crippen molar-refractivity contribution in [2.45, 2.75) is 45.6 Å². The number of amides is 1. The van der Waals surface area contributed by atoms with Gasteiger partial charge < -0.3 is 9.80 Å². The SMILES string of the molecule is CCCN(CC1CC1)C(=O)C1CC[NH+](Cc2cccc3ccccc23)CC1. The third-order valence-electron chi connectivity index (χ3n) is 6.34. The van der Waals surface area contributed by atoms with Gasteiger partial charge in [-0.05, 0) is 36.0 Å². The molecule has 1 aliphatic carbocycles. The monoisotopic (exact) mass is 365 g/mol. The fourth-order valence-electron chi connectivity index (χ4n) is 4.60. The van der Waals surface area contributed by atoms with Gasteiger partial charge in [-0.15, -0.1) is 0 Å². The molecule has 2 fully saturated rings. The second-order valence-electron chi connectivity index (χ2n) is 8.57. The summed E-state index contributed by atoms with van der Waals surface area (Å²) in [5.74, 6) is 1.48. The molecule has 27 heavy (non-hydrogen) atoms. The summed E-state index contributed by atoms with van der Waals surface area (Å²) in [5, 5.41) is 2.71. The Morgan fingerprint density at radius 3 is 2.52 bits per heavy atom. The molecule has 3 heteroatoms. The normalized spacial score (nSPS) is 22.7. The Morgan fingerprint density at radius 2 is 1.78 bits per heavy atom. The van der Waals surface area contributed by atoms with E-state index in [1.165, 1.54) is 29.2 Å². The van der Waals surface area contributed by atoms with Crippen LogP contribution in [0.4, 0.5) is 0 Å². The molecule has 2 aromatic carbocycles. The van der Waals surface area contributed by atoms with Crippen molar-refractivity contribution in [1.82, 2.24) is 4.90 Å². The highest BCUT2D eigenvalue weighted by atomic mass is 16.2. The van der Waals surface area contributed by atoms with Gasteiger partial charge >= 0.3 is 0 Å². The molecule has 1 saturated heterocycles. The van der Waals surface area contributed by atoms with Gasteiger partial charge in [0.25, 0.3) is 0 Å². The molecule has 2 aliphatic rings. The maximum Gasteiger partial charge on any atom is 0.226 e. The van der Waals surface area contributed by atoms with Crippen LogP contribution in [0.15, 0.2) is 42.5 Å². The van der Waals surface area contributed by atoms with Crippen molar-refractivity contribution in [1.29, 1.82) is 0 Å². The molecule has 0 bridgehead atoms. The van der Waals surface area contributed by atoms with E-state index in [0.717, 1.165) is 57.9 Å². The molecule has 144 valence electrons. The van der Waals surface area contributed by atoms with Crippen molar-refractivity contribution >= 4 is 16.7 Å². The number of carbonyl (C=O) groups excluding carboxylic acids is 1. The van der Waals surface area contributed by atoms with Gasteiger partial charge in [-0.2, -0.15) is 0 Å². The van der Waals surface area contributed by atoms with Crippen molar-refractivity contribution in [2.75, 3.05) is 26.2 Å². The van der Waals surface area contributed by atoms with Crippen LogP contribution >= 0.6 is 0 Å². The van der Waals surface area contributed by atoms with Crippen molar-refractivity contribution in [2.24, 2.45) is 11.8 Å². The molecule has 0 aromatic heterocycles. The zero-order chi connectivity index (χ0) is 18.6. The highest BCUT2D eigenvalue weighted by molar-refractivity contribution is 5.85. The zero-order valence-electron chi connectivity index (χ0n) is 16.6. The molecule has 0 radical (unpaired) electrons. The van der Waals surface area contributed by atoms with E-state index >= 15 is 0 Å². The number of quaternary nitrogens is 1. The van der Waals surface area contributed by atoms with Gasteiger partial charge in [-0.25, -0.2) is 0 Å². The van der Waals surface area contributed by atoms with Crippen LogP contribution in [0.25, 0.3) is 10.8 Å². The second kappa shape index (κ2) is 8.43. The quantitative estimate of drug-likeness (QED) is 0.800. The van der Waals surface area contributed by atoms with Crippen LogP contribution in [0.2, 0.25) is 0 Å². The first kappa shape index (κ1) is 18.5. The van der Waals surface area contributed by atoms with Gasteiger partial charge in [0.1, 0.15) is 6.54 Å². The minimum Gasteiger partial charge on any atom is -0.342 e. The molecule has 0 unspecified atom stereocenters. The molecule has 2 aromatic rings. The largest absolute Gasteiger partial charge is 0.342 e. The van der Waals surface area contributed by atoms with Crippen LogP contribution in [-0.4, -0.2) is 37.0 Å². The van der Waals surface area contributed by atoms with Gasteiger partial charge in [-0.1, -0.05) is 49.4 Å². The second-order valence-corrected chi connectivity index (χ2v) is 8.57. The number of hydrogen-bond donors (Lipinski definition) is 1. The Balaban J connectivity index is 1.34. The van der Waals surface area contributed by atoms with Crippen LogP contribution in [0.1, 0.15) is 44.6 Å². The van der Waals surface area contributed by atoms with Crippen molar-refractivity contribution in [3.63, 3.8) is 0 Å². The Kier molecular flexibility index (Phi) is 5.77. The summed E-state index contributed by atoms with van der Waals surface area (Å²) in [5.41, 5.74) is 1.44. The molecular weight excluding hydrogens is 332 g/mol. The maximum atomic E-state index is 13.0. The number of carbonyl (C=O) groups is 1. The number of benzene rings is 2. The van der Waals surface area contributed by atoms with E-state index in [-0.39, 0.29) is 5.92 Å². The van der Waals surface area contributed by atoms with Crippen LogP contribution in [-0.2, 0) is 11.3 Å². The summed E-state index contributed by atoms with van der Waals surface area (Å²) >= 11 is 0. The first-order chi connectivity index (χ1) is 13.2. The van der Waals surface area contributed by atoms with Crippen molar-refractivity contribution in [3.05, 3.63) is 48.0 Å². The predicted octanol–water partition coefficient (Wildman–Crippen LogP) is 3.28.